The molecule has 0 aliphatic rings. The highest BCUT2D eigenvalue weighted by atomic mass is 32.1. The van der Waals surface area contributed by atoms with E-state index in [4.69, 9.17) is 0 Å². The maximum Gasteiger partial charge on any atom is 0.160 e. The molecule has 0 bridgehead atoms. The molecule has 3 heterocycles. The van der Waals surface area contributed by atoms with Crippen LogP contribution < -0.4 is 0 Å². The number of aldehydes is 2. The van der Waals surface area contributed by atoms with E-state index in [1.165, 1.54) is 110 Å². The summed E-state index contributed by atoms with van der Waals surface area (Å²) in [7, 11) is 0. The van der Waals surface area contributed by atoms with Gasteiger partial charge in [-0.25, -0.2) is 0 Å². The zero-order chi connectivity index (χ0) is 22.8. The SMILES string of the molecule is CCCCCCCCC(CCCCCCCC)n1c2cc(C=O)sc2c2sc(C=O)cc21. The van der Waals surface area contributed by atoms with Crippen LogP contribution in [0.1, 0.15) is 129 Å². The summed E-state index contributed by atoms with van der Waals surface area (Å²) in [5.41, 5.74) is 2.38. The minimum absolute atomic E-state index is 0.440. The number of nitrogens with zero attached hydrogens (tertiary/aromatic N) is 1. The predicted octanol–water partition coefficient (Wildman–Crippen LogP) is 9.58. The van der Waals surface area contributed by atoms with Crippen molar-refractivity contribution in [2.45, 2.75) is 110 Å². The van der Waals surface area contributed by atoms with Gasteiger partial charge >= 0.3 is 0 Å². The molecule has 0 N–H and O–H groups in total. The summed E-state index contributed by atoms with van der Waals surface area (Å²) in [5.74, 6) is 0. The van der Waals surface area contributed by atoms with Crippen LogP contribution in [-0.2, 0) is 0 Å². The molecule has 0 saturated heterocycles. The lowest BCUT2D eigenvalue weighted by Crippen LogP contribution is -2.09. The summed E-state index contributed by atoms with van der Waals surface area (Å²) in [5, 5.41) is 0. The van der Waals surface area contributed by atoms with Crippen molar-refractivity contribution in [1.29, 1.82) is 0 Å². The molecule has 5 heteroatoms. The van der Waals surface area contributed by atoms with Gasteiger partial charge in [0.1, 0.15) is 0 Å². The lowest BCUT2D eigenvalue weighted by molar-refractivity contribution is 0.111. The Balaban J connectivity index is 1.81. The Morgan fingerprint density at radius 2 is 1.09 bits per heavy atom. The zero-order valence-corrected chi connectivity index (χ0v) is 21.5. The second-order valence-corrected chi connectivity index (χ2v) is 11.3. The summed E-state index contributed by atoms with van der Waals surface area (Å²) in [6.07, 6.45) is 20.0. The highest BCUT2D eigenvalue weighted by Crippen LogP contribution is 2.43. The lowest BCUT2D eigenvalue weighted by atomic mass is 9.99. The molecular formula is C27H39NO2S2. The van der Waals surface area contributed by atoms with Crippen molar-refractivity contribution in [3.8, 4) is 0 Å². The number of carbonyl (C=O) groups excluding carboxylic acids is 2. The molecule has 0 amide bonds. The molecule has 0 aromatic carbocycles. The Kier molecular flexibility index (Phi) is 10.5. The molecule has 0 aliphatic heterocycles. The molecule has 3 nitrogen and oxygen atoms in total. The van der Waals surface area contributed by atoms with E-state index in [1.54, 1.807) is 22.7 Å². The van der Waals surface area contributed by atoms with Crippen molar-refractivity contribution in [2.24, 2.45) is 0 Å². The fourth-order valence-corrected chi connectivity index (χ4v) is 6.92. The van der Waals surface area contributed by atoms with E-state index >= 15 is 0 Å². The van der Waals surface area contributed by atoms with Crippen LogP contribution >= 0.6 is 22.7 Å². The molecule has 176 valence electrons. The molecule has 3 aromatic rings. The van der Waals surface area contributed by atoms with E-state index < -0.39 is 0 Å². The Bertz CT molecular complexity index is 905. The van der Waals surface area contributed by atoms with Crippen LogP contribution in [0, 0.1) is 0 Å². The van der Waals surface area contributed by atoms with Crippen LogP contribution in [-0.4, -0.2) is 17.1 Å². The minimum Gasteiger partial charge on any atom is -0.336 e. The molecule has 0 unspecified atom stereocenters. The average Bonchev–Trinajstić information content (AvgIpc) is 3.47. The molecule has 0 radical (unpaired) electrons. The zero-order valence-electron chi connectivity index (χ0n) is 19.9. The monoisotopic (exact) mass is 473 g/mol. The standard InChI is InChI=1S/C27H39NO2S2/c1-3-5-7-9-11-13-15-21(16-14-12-10-8-6-4-2)28-24-17-22(19-29)31-26(24)27-25(28)18-23(20-30)32-27/h17-21H,3-16H2,1-2H3. The minimum atomic E-state index is 0.440. The van der Waals surface area contributed by atoms with Gasteiger partial charge in [-0.1, -0.05) is 90.9 Å². The summed E-state index contributed by atoms with van der Waals surface area (Å²) >= 11 is 3.14. The average molecular weight is 474 g/mol. The van der Waals surface area contributed by atoms with Gasteiger partial charge in [0, 0.05) is 6.04 Å². The maximum atomic E-state index is 11.5. The summed E-state index contributed by atoms with van der Waals surface area (Å²) in [6.45, 7) is 4.53. The van der Waals surface area contributed by atoms with Crippen LogP contribution in [0.15, 0.2) is 12.1 Å². The third-order valence-electron chi connectivity index (χ3n) is 6.57. The quantitative estimate of drug-likeness (QED) is 0.145. The van der Waals surface area contributed by atoms with Gasteiger partial charge in [0.05, 0.1) is 30.2 Å². The lowest BCUT2D eigenvalue weighted by Gasteiger charge is -2.21. The maximum absolute atomic E-state index is 11.5. The van der Waals surface area contributed by atoms with Crippen LogP contribution in [0.25, 0.3) is 20.4 Å². The van der Waals surface area contributed by atoms with E-state index in [0.29, 0.717) is 6.04 Å². The number of fused-ring (bicyclic) bond motifs is 3. The molecule has 0 saturated carbocycles. The van der Waals surface area contributed by atoms with Crippen LogP contribution in [0.3, 0.4) is 0 Å². The van der Waals surface area contributed by atoms with Crippen LogP contribution in [0.5, 0.6) is 0 Å². The predicted molar refractivity (Wildman–Crippen MR) is 141 cm³/mol. The highest BCUT2D eigenvalue weighted by molar-refractivity contribution is 7.28. The van der Waals surface area contributed by atoms with E-state index in [-0.39, 0.29) is 0 Å². The van der Waals surface area contributed by atoms with Crippen molar-refractivity contribution in [3.63, 3.8) is 0 Å². The largest absolute Gasteiger partial charge is 0.336 e. The molecule has 3 aromatic heterocycles. The topological polar surface area (TPSA) is 39.1 Å². The van der Waals surface area contributed by atoms with Crippen molar-refractivity contribution >= 4 is 55.7 Å². The van der Waals surface area contributed by atoms with Gasteiger partial charge in [0.2, 0.25) is 0 Å². The summed E-state index contributed by atoms with van der Waals surface area (Å²) in [4.78, 5) is 24.6. The second-order valence-electron chi connectivity index (χ2n) is 9.10. The number of carbonyl (C=O) groups is 2. The van der Waals surface area contributed by atoms with Crippen molar-refractivity contribution in [3.05, 3.63) is 21.9 Å². The van der Waals surface area contributed by atoms with Crippen molar-refractivity contribution < 1.29 is 9.59 Å². The van der Waals surface area contributed by atoms with Crippen molar-refractivity contribution in [1.82, 2.24) is 4.57 Å². The van der Waals surface area contributed by atoms with E-state index in [0.717, 1.165) is 22.3 Å². The first-order valence-corrected chi connectivity index (χ1v) is 14.3. The first kappa shape index (κ1) is 25.2. The summed E-state index contributed by atoms with van der Waals surface area (Å²) in [6, 6.07) is 4.57. The number of thiophene rings is 2. The van der Waals surface area contributed by atoms with Gasteiger partial charge in [-0.15, -0.1) is 22.7 Å². The van der Waals surface area contributed by atoms with E-state index in [2.05, 4.69) is 30.5 Å². The van der Waals surface area contributed by atoms with Crippen molar-refractivity contribution in [2.75, 3.05) is 0 Å². The van der Waals surface area contributed by atoms with Gasteiger partial charge in [-0.3, -0.25) is 9.59 Å². The third-order valence-corrected chi connectivity index (χ3v) is 8.83. The first-order chi connectivity index (χ1) is 15.7. The molecular weight excluding hydrogens is 434 g/mol. The Morgan fingerprint density at radius 1 is 0.688 bits per heavy atom. The summed E-state index contributed by atoms with van der Waals surface area (Å²) < 4.78 is 4.84. The van der Waals surface area contributed by atoms with Crippen LogP contribution in [0.4, 0.5) is 0 Å². The van der Waals surface area contributed by atoms with Gasteiger partial charge in [0.25, 0.3) is 0 Å². The van der Waals surface area contributed by atoms with Crippen LogP contribution in [0.2, 0.25) is 0 Å². The normalized spacial score (nSPS) is 11.8. The van der Waals surface area contributed by atoms with Gasteiger partial charge in [-0.05, 0) is 25.0 Å². The van der Waals surface area contributed by atoms with E-state index in [1.807, 2.05) is 0 Å². The molecule has 0 spiro atoms. The fourth-order valence-electron chi connectivity index (χ4n) is 4.85. The van der Waals surface area contributed by atoms with Gasteiger partial charge in [-0.2, -0.15) is 0 Å². The number of rotatable bonds is 17. The Labute approximate surface area is 201 Å². The van der Waals surface area contributed by atoms with E-state index in [9.17, 15) is 9.59 Å². The number of hydrogen-bond donors (Lipinski definition) is 0. The molecule has 0 aliphatic carbocycles. The number of unbranched alkanes of at least 4 members (excludes halogenated alkanes) is 10. The Hall–Kier alpha value is -1.46. The highest BCUT2D eigenvalue weighted by Gasteiger charge is 2.22. The smallest absolute Gasteiger partial charge is 0.160 e. The molecule has 0 fully saturated rings. The van der Waals surface area contributed by atoms with Gasteiger partial charge in [0.15, 0.2) is 12.6 Å². The molecule has 0 atom stereocenters. The molecule has 3 rings (SSSR count). The second kappa shape index (κ2) is 13.3. The fraction of sp³-hybridized carbons (Fsp3) is 0.630. The number of hydrogen-bond acceptors (Lipinski definition) is 4. The Morgan fingerprint density at radius 3 is 1.50 bits per heavy atom. The first-order valence-electron chi connectivity index (χ1n) is 12.7. The number of aromatic nitrogens is 1. The third kappa shape index (κ3) is 6.32. The van der Waals surface area contributed by atoms with Gasteiger partial charge < -0.3 is 4.57 Å². The molecule has 32 heavy (non-hydrogen) atoms.